The van der Waals surface area contributed by atoms with Gasteiger partial charge in [-0.05, 0) is 26.2 Å². The standard InChI is InChI=1S/C28H46N2O9/c1-3-4-5-6-7-8-9-10-11-13-19(38-27-26(35)25(34)24(33)18(2)37-27)16-22(32)29-23-17-21(31)20-14-12-15-30(20)28(36)39-23/h17-20,24-27,33-35H,3-16H2,1-2H3,(H,29,32)/t18-,19+,20?,24-,25+,26+,27-/m0/s1. The molecule has 0 aromatic heterocycles. The molecule has 3 aliphatic heterocycles. The summed E-state index contributed by atoms with van der Waals surface area (Å²) in [5.41, 5.74) is 0. The Balaban J connectivity index is 1.55. The van der Waals surface area contributed by atoms with Crippen LogP contribution in [0.2, 0.25) is 0 Å². The zero-order chi connectivity index (χ0) is 28.4. The molecule has 39 heavy (non-hydrogen) atoms. The number of ether oxygens (including phenoxy) is 3. The molecule has 4 N–H and O–H groups in total. The Hall–Kier alpha value is -2.05. The summed E-state index contributed by atoms with van der Waals surface area (Å²) in [5, 5.41) is 33.0. The molecule has 3 aliphatic rings. The molecule has 0 aromatic carbocycles. The Labute approximate surface area is 230 Å². The number of carbonyl (C=O) groups excluding carboxylic acids is 3. The average Bonchev–Trinajstić information content (AvgIpc) is 3.36. The van der Waals surface area contributed by atoms with Gasteiger partial charge in [0.2, 0.25) is 11.8 Å². The molecule has 7 atom stereocenters. The SMILES string of the molecule is CCCCCCCCCCC[C@H](CC(=O)NC1=CC(=O)C2CCCN2C(=O)O1)O[C@@H]1O[C@@H](C)[C@H](O)[C@@H](O)[C@H]1O. The number of aliphatic hydroxyl groups is 3. The molecule has 11 nitrogen and oxygen atoms in total. The molecule has 0 aromatic rings. The van der Waals surface area contributed by atoms with Gasteiger partial charge in [0, 0.05) is 12.6 Å². The summed E-state index contributed by atoms with van der Waals surface area (Å²) < 4.78 is 16.8. The van der Waals surface area contributed by atoms with Gasteiger partial charge in [-0.25, -0.2) is 4.79 Å². The lowest BCUT2D eigenvalue weighted by Crippen LogP contribution is -2.58. The molecule has 3 heterocycles. The van der Waals surface area contributed by atoms with Crippen LogP contribution in [-0.2, 0) is 23.8 Å². The predicted molar refractivity (Wildman–Crippen MR) is 141 cm³/mol. The largest absolute Gasteiger partial charge is 0.417 e. The lowest BCUT2D eigenvalue weighted by molar-refractivity contribution is -0.304. The molecule has 11 heteroatoms. The topological polar surface area (TPSA) is 155 Å². The second kappa shape index (κ2) is 15.7. The Bertz CT molecular complexity index is 851. The number of ketones is 1. The van der Waals surface area contributed by atoms with Crippen LogP contribution in [-0.4, -0.2) is 87.4 Å². The van der Waals surface area contributed by atoms with Crippen molar-refractivity contribution in [2.24, 2.45) is 0 Å². The van der Waals surface area contributed by atoms with E-state index in [4.69, 9.17) is 14.2 Å². The number of aliphatic hydroxyl groups excluding tert-OH is 3. The summed E-state index contributed by atoms with van der Waals surface area (Å²) in [6.07, 6.45) is 5.39. The summed E-state index contributed by atoms with van der Waals surface area (Å²) >= 11 is 0. The van der Waals surface area contributed by atoms with Crippen LogP contribution in [0.5, 0.6) is 0 Å². The molecule has 0 saturated carbocycles. The van der Waals surface area contributed by atoms with Gasteiger partial charge in [0.25, 0.3) is 0 Å². The van der Waals surface area contributed by atoms with Crippen LogP contribution in [0.1, 0.15) is 97.3 Å². The molecule has 0 bridgehead atoms. The van der Waals surface area contributed by atoms with Gasteiger partial charge >= 0.3 is 6.09 Å². The third-order valence-corrected chi connectivity index (χ3v) is 7.73. The molecular formula is C28H46N2O9. The van der Waals surface area contributed by atoms with Gasteiger partial charge in [0.15, 0.2) is 12.1 Å². The number of carbonyl (C=O) groups is 3. The molecule has 3 rings (SSSR count). The zero-order valence-corrected chi connectivity index (χ0v) is 23.3. The first-order valence-corrected chi connectivity index (χ1v) is 14.6. The van der Waals surface area contributed by atoms with Gasteiger partial charge in [-0.3, -0.25) is 19.8 Å². The Morgan fingerprint density at radius 3 is 2.41 bits per heavy atom. The van der Waals surface area contributed by atoms with Crippen molar-refractivity contribution < 1.29 is 43.9 Å². The first kappa shape index (κ1) is 31.5. The molecule has 1 unspecified atom stereocenters. The highest BCUT2D eigenvalue weighted by molar-refractivity contribution is 5.98. The lowest BCUT2D eigenvalue weighted by Gasteiger charge is -2.40. The van der Waals surface area contributed by atoms with Crippen molar-refractivity contribution in [2.75, 3.05) is 6.54 Å². The van der Waals surface area contributed by atoms with Crippen molar-refractivity contribution in [3.63, 3.8) is 0 Å². The van der Waals surface area contributed by atoms with Crippen LogP contribution in [0.4, 0.5) is 4.79 Å². The van der Waals surface area contributed by atoms with E-state index in [0.29, 0.717) is 19.4 Å². The highest BCUT2D eigenvalue weighted by Gasteiger charge is 2.43. The van der Waals surface area contributed by atoms with E-state index in [1.807, 2.05) is 0 Å². The summed E-state index contributed by atoms with van der Waals surface area (Å²) in [7, 11) is 0. The number of unbranched alkanes of at least 4 members (excludes halogenated alkanes) is 8. The molecule has 222 valence electrons. The predicted octanol–water partition coefficient (Wildman–Crippen LogP) is 2.65. The van der Waals surface area contributed by atoms with Crippen LogP contribution in [0.3, 0.4) is 0 Å². The van der Waals surface area contributed by atoms with E-state index in [0.717, 1.165) is 38.2 Å². The highest BCUT2D eigenvalue weighted by Crippen LogP contribution is 2.26. The number of amides is 2. The molecular weight excluding hydrogens is 508 g/mol. The smallest absolute Gasteiger partial charge is 0.393 e. The Morgan fingerprint density at radius 1 is 1.05 bits per heavy atom. The van der Waals surface area contributed by atoms with Gasteiger partial charge < -0.3 is 29.5 Å². The van der Waals surface area contributed by atoms with E-state index >= 15 is 0 Å². The van der Waals surface area contributed by atoms with Gasteiger partial charge in [-0.15, -0.1) is 0 Å². The zero-order valence-electron chi connectivity index (χ0n) is 23.3. The maximum absolute atomic E-state index is 12.9. The third-order valence-electron chi connectivity index (χ3n) is 7.73. The van der Waals surface area contributed by atoms with Crippen LogP contribution >= 0.6 is 0 Å². The van der Waals surface area contributed by atoms with E-state index in [9.17, 15) is 29.7 Å². The average molecular weight is 555 g/mol. The van der Waals surface area contributed by atoms with Crippen molar-refractivity contribution in [2.45, 2.75) is 140 Å². The van der Waals surface area contributed by atoms with Crippen LogP contribution in [0, 0.1) is 0 Å². The minimum atomic E-state index is -1.48. The first-order valence-electron chi connectivity index (χ1n) is 14.6. The number of fused-ring (bicyclic) bond motifs is 1. The minimum absolute atomic E-state index is 0.146. The number of hydrogen-bond acceptors (Lipinski definition) is 9. The number of hydrogen-bond donors (Lipinski definition) is 4. The van der Waals surface area contributed by atoms with E-state index in [1.165, 1.54) is 37.0 Å². The van der Waals surface area contributed by atoms with Crippen molar-refractivity contribution in [3.05, 3.63) is 12.0 Å². The summed E-state index contributed by atoms with van der Waals surface area (Å²) in [4.78, 5) is 39.2. The Morgan fingerprint density at radius 2 is 1.72 bits per heavy atom. The molecule has 2 fully saturated rings. The fourth-order valence-electron chi connectivity index (χ4n) is 5.36. The lowest BCUT2D eigenvalue weighted by atomic mass is 9.99. The second-order valence-electron chi connectivity index (χ2n) is 10.9. The summed E-state index contributed by atoms with van der Waals surface area (Å²) in [5.74, 6) is -1.03. The first-order chi connectivity index (χ1) is 18.7. The third kappa shape index (κ3) is 9.24. The molecule has 0 spiro atoms. The van der Waals surface area contributed by atoms with Crippen LogP contribution < -0.4 is 5.32 Å². The van der Waals surface area contributed by atoms with Crippen molar-refractivity contribution in [1.82, 2.24) is 10.2 Å². The van der Waals surface area contributed by atoms with E-state index in [-0.39, 0.29) is 18.1 Å². The monoisotopic (exact) mass is 554 g/mol. The fourth-order valence-corrected chi connectivity index (χ4v) is 5.36. The van der Waals surface area contributed by atoms with Crippen molar-refractivity contribution in [3.8, 4) is 0 Å². The van der Waals surface area contributed by atoms with Crippen LogP contribution in [0.15, 0.2) is 12.0 Å². The Kier molecular flexibility index (Phi) is 12.6. The van der Waals surface area contributed by atoms with Gasteiger partial charge in [0.05, 0.1) is 24.7 Å². The number of nitrogens with one attached hydrogen (secondary N) is 1. The highest BCUT2D eigenvalue weighted by atomic mass is 16.7. The summed E-state index contributed by atoms with van der Waals surface area (Å²) in [6.45, 7) is 4.19. The van der Waals surface area contributed by atoms with Crippen molar-refractivity contribution in [1.29, 1.82) is 0 Å². The van der Waals surface area contributed by atoms with Gasteiger partial charge in [-0.1, -0.05) is 64.7 Å². The van der Waals surface area contributed by atoms with E-state index in [2.05, 4.69) is 12.2 Å². The normalized spacial score (nSPS) is 29.9. The maximum Gasteiger partial charge on any atom is 0.417 e. The maximum atomic E-state index is 12.9. The fraction of sp³-hybridized carbons (Fsp3) is 0.821. The van der Waals surface area contributed by atoms with E-state index < -0.39 is 54.9 Å². The number of nitrogens with zero attached hydrogens (tertiary/aromatic N) is 1. The quantitative estimate of drug-likeness (QED) is 0.224. The molecule has 2 saturated heterocycles. The van der Waals surface area contributed by atoms with E-state index in [1.54, 1.807) is 6.92 Å². The summed E-state index contributed by atoms with van der Waals surface area (Å²) in [6, 6.07) is -0.566. The van der Waals surface area contributed by atoms with Gasteiger partial charge in [0.1, 0.15) is 18.3 Å². The van der Waals surface area contributed by atoms with Crippen LogP contribution in [0.25, 0.3) is 0 Å². The van der Waals surface area contributed by atoms with Gasteiger partial charge in [-0.2, -0.15) is 0 Å². The minimum Gasteiger partial charge on any atom is -0.393 e. The second-order valence-corrected chi connectivity index (χ2v) is 10.9. The molecule has 0 radical (unpaired) electrons. The van der Waals surface area contributed by atoms with Crippen molar-refractivity contribution >= 4 is 17.8 Å². The molecule has 2 amide bonds. The number of cyclic esters (lactones) is 1. The molecule has 0 aliphatic carbocycles. The number of rotatable bonds is 15.